The Bertz CT molecular complexity index is 1090. The van der Waals surface area contributed by atoms with Crippen LogP contribution in [0.4, 0.5) is 0 Å². The summed E-state index contributed by atoms with van der Waals surface area (Å²) in [5, 5.41) is 0. The van der Waals surface area contributed by atoms with Gasteiger partial charge in [0.2, 0.25) is 0 Å². The minimum atomic E-state index is -4.53. The zero-order valence-electron chi connectivity index (χ0n) is 41.6. The molecular weight excluding hydrogens is 794 g/mol. The van der Waals surface area contributed by atoms with E-state index in [1.165, 1.54) is 167 Å². The molecule has 0 N–H and O–H groups in total. The molecule has 0 aromatic carbocycles. The largest absolute Gasteiger partial charge is 0.756 e. The minimum Gasteiger partial charge on any atom is -0.756 e. The third kappa shape index (κ3) is 49.7. The molecule has 0 saturated carbocycles. The Morgan fingerprint density at radius 1 is 0.500 bits per heavy atom. The van der Waals surface area contributed by atoms with E-state index in [1.807, 2.05) is 21.1 Å². The Morgan fingerprint density at radius 2 is 0.887 bits per heavy atom. The van der Waals surface area contributed by atoms with Crippen LogP contribution in [-0.4, -0.2) is 70.7 Å². The Balaban J connectivity index is 4.05. The molecule has 0 saturated heterocycles. The van der Waals surface area contributed by atoms with Gasteiger partial charge in [0, 0.05) is 13.0 Å². The van der Waals surface area contributed by atoms with Crippen LogP contribution in [0.5, 0.6) is 0 Å². The molecule has 0 bridgehead atoms. The Hall–Kier alpha value is -1.28. The van der Waals surface area contributed by atoms with Gasteiger partial charge in [-0.1, -0.05) is 198 Å². The van der Waals surface area contributed by atoms with Crippen molar-refractivity contribution in [2.75, 3.05) is 54.1 Å². The predicted octanol–water partition coefficient (Wildman–Crippen LogP) is 15.5. The number of allylic oxidation sites excluding steroid dienone is 6. The molecule has 0 fully saturated rings. The van der Waals surface area contributed by atoms with Gasteiger partial charge in [0.25, 0.3) is 7.82 Å². The maximum absolute atomic E-state index is 12.7. The number of hydrogen-bond donors (Lipinski definition) is 0. The monoisotopic (exact) mass is 896 g/mol. The second-order valence-corrected chi connectivity index (χ2v) is 20.3. The van der Waals surface area contributed by atoms with Crippen molar-refractivity contribution >= 4 is 13.8 Å². The van der Waals surface area contributed by atoms with Crippen LogP contribution in [0.25, 0.3) is 0 Å². The number of hydrogen-bond acceptors (Lipinski definition) is 7. The molecule has 0 spiro atoms. The first-order valence-corrected chi connectivity index (χ1v) is 27.7. The molecule has 0 aromatic rings. The summed E-state index contributed by atoms with van der Waals surface area (Å²) in [6, 6.07) is 0. The molecule has 2 unspecified atom stereocenters. The van der Waals surface area contributed by atoms with E-state index in [9.17, 15) is 14.3 Å². The number of likely N-dealkylation sites (N-methyl/N-ethyl adjacent to an activating group) is 1. The van der Waals surface area contributed by atoms with Gasteiger partial charge in [-0.2, -0.15) is 0 Å². The van der Waals surface area contributed by atoms with Gasteiger partial charge in [0.1, 0.15) is 19.3 Å². The predicted molar refractivity (Wildman–Crippen MR) is 263 cm³/mol. The molecule has 0 rings (SSSR count). The van der Waals surface area contributed by atoms with E-state index in [-0.39, 0.29) is 25.8 Å². The highest BCUT2D eigenvalue weighted by Gasteiger charge is 2.20. The second kappa shape index (κ2) is 46.3. The number of carbonyl (C=O) groups is 1. The summed E-state index contributed by atoms with van der Waals surface area (Å²) in [5.74, 6) is -0.341. The Kier molecular flexibility index (Phi) is 45.3. The van der Waals surface area contributed by atoms with Crippen molar-refractivity contribution in [3.8, 4) is 0 Å². The van der Waals surface area contributed by atoms with Gasteiger partial charge in [-0.25, -0.2) is 0 Å². The summed E-state index contributed by atoms with van der Waals surface area (Å²) in [6.45, 7) is 5.41. The average molecular weight is 896 g/mol. The molecular formula is C53H102NO7P. The molecule has 0 aliphatic rings. The van der Waals surface area contributed by atoms with Crippen LogP contribution in [-0.2, 0) is 27.9 Å². The number of esters is 1. The molecule has 0 heterocycles. The fourth-order valence-corrected chi connectivity index (χ4v) is 8.07. The summed E-state index contributed by atoms with van der Waals surface area (Å²) in [7, 11) is 1.36. The normalized spacial score (nSPS) is 13.8. The van der Waals surface area contributed by atoms with Gasteiger partial charge in [0.05, 0.1) is 34.4 Å². The highest BCUT2D eigenvalue weighted by molar-refractivity contribution is 7.45. The van der Waals surface area contributed by atoms with E-state index < -0.39 is 13.9 Å². The Labute approximate surface area is 385 Å². The number of unbranched alkanes of at least 4 members (excludes halogenated alkanes) is 29. The van der Waals surface area contributed by atoms with Crippen LogP contribution in [0.15, 0.2) is 36.5 Å². The van der Waals surface area contributed by atoms with Crippen molar-refractivity contribution in [1.29, 1.82) is 0 Å². The molecule has 2 atom stereocenters. The van der Waals surface area contributed by atoms with E-state index in [1.54, 1.807) is 0 Å². The van der Waals surface area contributed by atoms with Crippen molar-refractivity contribution in [3.63, 3.8) is 0 Å². The number of phosphoric acid groups is 1. The van der Waals surface area contributed by atoms with Crippen LogP contribution in [0.3, 0.4) is 0 Å². The van der Waals surface area contributed by atoms with Crippen molar-refractivity contribution in [1.82, 2.24) is 0 Å². The van der Waals surface area contributed by atoms with Crippen LogP contribution < -0.4 is 4.89 Å². The minimum absolute atomic E-state index is 0.0253. The number of nitrogens with zero attached hydrogens (tertiary/aromatic N) is 1. The summed E-state index contributed by atoms with van der Waals surface area (Å²) in [5.41, 5.74) is 0. The number of carbonyl (C=O) groups excluding carboxylic acids is 1. The van der Waals surface area contributed by atoms with E-state index in [4.69, 9.17) is 18.5 Å². The summed E-state index contributed by atoms with van der Waals surface area (Å²) in [6.07, 6.45) is 56.0. The number of rotatable bonds is 49. The summed E-state index contributed by atoms with van der Waals surface area (Å²) >= 11 is 0. The van der Waals surface area contributed by atoms with Crippen LogP contribution in [0.2, 0.25) is 0 Å². The molecule has 0 aromatic heterocycles. The quantitative estimate of drug-likeness (QED) is 0.0197. The maximum atomic E-state index is 12.7. The smallest absolute Gasteiger partial charge is 0.306 e. The van der Waals surface area contributed by atoms with Crippen LogP contribution >= 0.6 is 7.82 Å². The van der Waals surface area contributed by atoms with Crippen LogP contribution in [0.1, 0.15) is 239 Å². The molecule has 0 aliphatic heterocycles. The van der Waals surface area contributed by atoms with Gasteiger partial charge in [0.15, 0.2) is 0 Å². The standard InChI is InChI=1S/C53H102NO7P/c1-6-8-10-12-14-16-18-20-22-23-24-25-26-27-28-29-30-31-32-33-35-37-39-41-43-45-48-58-50-52(51-60-62(56,57)59-49-47-54(3,4)5)61-53(55)46-44-42-40-38-36-34-21-19-17-15-13-11-9-7-2/h18-21,23-24,52H,6-17,22,25-51H2,1-5H3/b20-18-,21-19-,24-23-. The topological polar surface area (TPSA) is 94.1 Å². The van der Waals surface area contributed by atoms with E-state index >= 15 is 0 Å². The van der Waals surface area contributed by atoms with Crippen molar-refractivity contribution < 1.29 is 37.3 Å². The van der Waals surface area contributed by atoms with Gasteiger partial charge in [-0.15, -0.1) is 0 Å². The number of ether oxygens (including phenoxy) is 2. The highest BCUT2D eigenvalue weighted by Crippen LogP contribution is 2.38. The molecule has 8 nitrogen and oxygen atoms in total. The lowest BCUT2D eigenvalue weighted by Crippen LogP contribution is -2.37. The third-order valence-electron chi connectivity index (χ3n) is 11.4. The van der Waals surface area contributed by atoms with Gasteiger partial charge >= 0.3 is 5.97 Å². The zero-order valence-corrected chi connectivity index (χ0v) is 42.5. The highest BCUT2D eigenvalue weighted by atomic mass is 31.2. The molecule has 366 valence electrons. The number of quaternary nitrogens is 1. The van der Waals surface area contributed by atoms with Gasteiger partial charge in [-0.3, -0.25) is 9.36 Å². The van der Waals surface area contributed by atoms with E-state index in [0.29, 0.717) is 24.1 Å². The number of phosphoric ester groups is 1. The molecule has 62 heavy (non-hydrogen) atoms. The fraction of sp³-hybridized carbons (Fsp3) is 0.868. The first-order chi connectivity index (χ1) is 30.1. The van der Waals surface area contributed by atoms with Crippen molar-refractivity contribution in [3.05, 3.63) is 36.5 Å². The van der Waals surface area contributed by atoms with E-state index in [0.717, 1.165) is 51.4 Å². The maximum Gasteiger partial charge on any atom is 0.306 e. The van der Waals surface area contributed by atoms with Gasteiger partial charge in [-0.05, 0) is 70.6 Å². The lowest BCUT2D eigenvalue weighted by Gasteiger charge is -2.28. The third-order valence-corrected chi connectivity index (χ3v) is 12.4. The van der Waals surface area contributed by atoms with Crippen molar-refractivity contribution in [2.45, 2.75) is 245 Å². The lowest BCUT2D eigenvalue weighted by atomic mass is 10.0. The first kappa shape index (κ1) is 60.7. The molecule has 0 radical (unpaired) electrons. The van der Waals surface area contributed by atoms with Gasteiger partial charge < -0.3 is 27.9 Å². The Morgan fingerprint density at radius 3 is 1.32 bits per heavy atom. The fourth-order valence-electron chi connectivity index (χ4n) is 7.34. The van der Waals surface area contributed by atoms with Crippen molar-refractivity contribution in [2.24, 2.45) is 0 Å². The lowest BCUT2D eigenvalue weighted by molar-refractivity contribution is -0.870. The van der Waals surface area contributed by atoms with Crippen LogP contribution in [0, 0.1) is 0 Å². The molecule has 0 aliphatic carbocycles. The van der Waals surface area contributed by atoms with E-state index in [2.05, 4.69) is 50.3 Å². The average Bonchev–Trinajstić information content (AvgIpc) is 3.23. The molecule has 9 heteroatoms. The summed E-state index contributed by atoms with van der Waals surface area (Å²) < 4.78 is 34.7. The summed E-state index contributed by atoms with van der Waals surface area (Å²) in [4.78, 5) is 25.1. The zero-order chi connectivity index (χ0) is 45.5. The second-order valence-electron chi connectivity index (χ2n) is 18.9. The molecule has 0 amide bonds. The first-order valence-electron chi connectivity index (χ1n) is 26.2. The SMILES string of the molecule is CCCCCCC/C=C\C/C=C\CCCCCCCCCCCCCCCCOCC(COP(=O)([O-])OCC[N+](C)(C)C)OC(=O)CCCCCCC/C=C\CCCCCCC.